The molecule has 5 aliphatic rings. The molecule has 32 heavy (non-hydrogen) atoms. The summed E-state index contributed by atoms with van der Waals surface area (Å²) < 4.78 is 0. The lowest BCUT2D eigenvalue weighted by Gasteiger charge is -2.60. The number of hydrogen-bond acceptors (Lipinski definition) is 6. The Bertz CT molecular complexity index is 1120. The van der Waals surface area contributed by atoms with Crippen molar-refractivity contribution in [2.45, 2.75) is 50.3 Å². The fourth-order valence-electron chi connectivity index (χ4n) is 7.03. The number of nitriles is 1. The van der Waals surface area contributed by atoms with E-state index in [-0.39, 0.29) is 16.1 Å². The zero-order valence-electron chi connectivity index (χ0n) is 17.7. The largest absolute Gasteiger partial charge is 0.363 e. The number of rotatable bonds is 4. The van der Waals surface area contributed by atoms with Crippen LogP contribution in [0.4, 0.5) is 5.69 Å². The summed E-state index contributed by atoms with van der Waals surface area (Å²) in [5, 5.41) is 25.1. The van der Waals surface area contributed by atoms with E-state index in [1.54, 1.807) is 18.2 Å². The van der Waals surface area contributed by atoms with Gasteiger partial charge in [0.2, 0.25) is 6.23 Å². The normalized spacial score (nSPS) is 32.3. The van der Waals surface area contributed by atoms with E-state index in [0.717, 1.165) is 54.0 Å². The van der Waals surface area contributed by atoms with Crippen LogP contribution in [-0.2, 0) is 4.84 Å². The van der Waals surface area contributed by atoms with Crippen molar-refractivity contribution in [2.24, 2.45) is 22.9 Å². The van der Waals surface area contributed by atoms with E-state index in [9.17, 15) is 15.4 Å². The summed E-state index contributed by atoms with van der Waals surface area (Å²) in [6, 6.07) is 16.4. The third-order valence-corrected chi connectivity index (χ3v) is 7.86. The number of nitro benzene ring substituents is 1. The first-order chi connectivity index (χ1) is 15.5. The monoisotopic (exact) mass is 428 g/mol. The summed E-state index contributed by atoms with van der Waals surface area (Å²) >= 11 is 0. The molecule has 0 saturated heterocycles. The van der Waals surface area contributed by atoms with Gasteiger partial charge in [0.1, 0.15) is 0 Å². The van der Waals surface area contributed by atoms with E-state index >= 15 is 0 Å². The maximum absolute atomic E-state index is 11.1. The first-order valence-electron chi connectivity index (χ1n) is 11.3. The molecule has 1 aliphatic heterocycles. The molecule has 4 saturated carbocycles. The van der Waals surface area contributed by atoms with Crippen LogP contribution in [-0.4, -0.2) is 21.2 Å². The summed E-state index contributed by atoms with van der Waals surface area (Å²) in [6.45, 7) is 0. The van der Waals surface area contributed by atoms with Gasteiger partial charge >= 0.3 is 0 Å². The van der Waals surface area contributed by atoms with Gasteiger partial charge in [0.25, 0.3) is 5.69 Å². The molecular formula is C25H24N4O3. The number of hydrogen-bond donors (Lipinski definition) is 0. The van der Waals surface area contributed by atoms with Gasteiger partial charge in [-0.1, -0.05) is 17.3 Å². The molecule has 7 nitrogen and oxygen atoms in total. The fourth-order valence-corrected chi connectivity index (χ4v) is 7.03. The molecule has 0 aromatic heterocycles. The van der Waals surface area contributed by atoms with Gasteiger partial charge in [-0.3, -0.25) is 10.1 Å². The molecule has 162 valence electrons. The number of nitro groups is 1. The summed E-state index contributed by atoms with van der Waals surface area (Å²) in [4.78, 5) is 19.2. The zero-order valence-corrected chi connectivity index (χ0v) is 17.7. The predicted octanol–water partition coefficient (Wildman–Crippen LogP) is 5.13. The second-order valence-corrected chi connectivity index (χ2v) is 9.93. The van der Waals surface area contributed by atoms with Crippen LogP contribution < -0.4 is 0 Å². The number of benzene rings is 2. The molecule has 4 aliphatic carbocycles. The van der Waals surface area contributed by atoms with Crippen molar-refractivity contribution >= 4 is 11.5 Å². The number of oxime groups is 1. The van der Waals surface area contributed by atoms with Gasteiger partial charge in [0.05, 0.1) is 16.6 Å². The van der Waals surface area contributed by atoms with Crippen LogP contribution in [0.25, 0.3) is 0 Å². The lowest BCUT2D eigenvalue weighted by molar-refractivity contribution is -0.384. The zero-order chi connectivity index (χ0) is 21.9. The number of non-ortho nitro benzene ring substituents is 1. The van der Waals surface area contributed by atoms with Crippen LogP contribution in [0.2, 0.25) is 0 Å². The molecule has 0 radical (unpaired) electrons. The Morgan fingerprint density at radius 1 is 1.06 bits per heavy atom. The molecule has 0 spiro atoms. The van der Waals surface area contributed by atoms with Gasteiger partial charge in [-0.05, 0) is 80.5 Å². The van der Waals surface area contributed by atoms with Crippen molar-refractivity contribution in [1.29, 1.82) is 5.26 Å². The second kappa shape index (κ2) is 7.06. The lowest BCUT2D eigenvalue weighted by Crippen LogP contribution is -2.61. The Morgan fingerprint density at radius 2 is 1.72 bits per heavy atom. The van der Waals surface area contributed by atoms with Crippen molar-refractivity contribution in [3.8, 4) is 6.07 Å². The van der Waals surface area contributed by atoms with Crippen molar-refractivity contribution in [2.75, 3.05) is 0 Å². The van der Waals surface area contributed by atoms with E-state index in [4.69, 9.17) is 4.84 Å². The van der Waals surface area contributed by atoms with E-state index in [0.29, 0.717) is 5.56 Å². The van der Waals surface area contributed by atoms with E-state index in [2.05, 4.69) is 16.1 Å². The first-order valence-corrected chi connectivity index (χ1v) is 11.3. The highest BCUT2D eigenvalue weighted by Crippen LogP contribution is 2.60. The summed E-state index contributed by atoms with van der Waals surface area (Å²) in [5.41, 5.74) is 2.37. The predicted molar refractivity (Wildman–Crippen MR) is 117 cm³/mol. The van der Waals surface area contributed by atoms with Crippen LogP contribution >= 0.6 is 0 Å². The molecule has 4 bridgehead atoms. The minimum atomic E-state index is -0.398. The van der Waals surface area contributed by atoms with Gasteiger partial charge in [0, 0.05) is 28.8 Å². The van der Waals surface area contributed by atoms with Gasteiger partial charge in [-0.25, -0.2) is 0 Å². The molecule has 7 heteroatoms. The van der Waals surface area contributed by atoms with Crippen LogP contribution in [0.5, 0.6) is 0 Å². The molecule has 1 unspecified atom stereocenters. The Labute approximate surface area is 186 Å². The molecule has 2 aromatic carbocycles. The van der Waals surface area contributed by atoms with Gasteiger partial charge in [-0.15, -0.1) is 0 Å². The number of amidine groups is 1. The maximum atomic E-state index is 11.1. The van der Waals surface area contributed by atoms with Gasteiger partial charge in [-0.2, -0.15) is 5.26 Å². The summed E-state index contributed by atoms with van der Waals surface area (Å²) in [5.74, 6) is 2.97. The third-order valence-electron chi connectivity index (χ3n) is 7.86. The Balaban J connectivity index is 1.43. The third kappa shape index (κ3) is 2.97. The van der Waals surface area contributed by atoms with Crippen LogP contribution in [0, 0.1) is 39.2 Å². The van der Waals surface area contributed by atoms with Crippen molar-refractivity contribution in [3.05, 3.63) is 75.3 Å². The van der Waals surface area contributed by atoms with E-state index in [1.165, 1.54) is 31.4 Å². The highest BCUT2D eigenvalue weighted by atomic mass is 16.7. The highest BCUT2D eigenvalue weighted by Gasteiger charge is 2.57. The Morgan fingerprint density at radius 3 is 2.31 bits per heavy atom. The molecular weight excluding hydrogens is 404 g/mol. The number of nitrogens with zero attached hydrogens (tertiary/aromatic N) is 4. The van der Waals surface area contributed by atoms with Crippen molar-refractivity contribution < 1.29 is 9.76 Å². The quantitative estimate of drug-likeness (QED) is 0.497. The molecule has 2 aromatic rings. The topological polar surface area (TPSA) is 91.8 Å². The van der Waals surface area contributed by atoms with E-state index < -0.39 is 6.23 Å². The minimum Gasteiger partial charge on any atom is -0.363 e. The van der Waals surface area contributed by atoms with Crippen molar-refractivity contribution in [3.63, 3.8) is 0 Å². The molecule has 1 atom stereocenters. The lowest BCUT2D eigenvalue weighted by atomic mass is 9.52. The molecule has 1 heterocycles. The maximum Gasteiger partial charge on any atom is 0.269 e. The average Bonchev–Trinajstić information content (AvgIpc) is 3.24. The van der Waals surface area contributed by atoms with Crippen LogP contribution in [0.1, 0.15) is 61.4 Å². The van der Waals surface area contributed by atoms with E-state index in [1.807, 2.05) is 18.2 Å². The van der Waals surface area contributed by atoms with Gasteiger partial charge < -0.3 is 9.74 Å². The second-order valence-electron chi connectivity index (χ2n) is 9.93. The molecule has 7 rings (SSSR count). The van der Waals surface area contributed by atoms with Gasteiger partial charge in [0.15, 0.2) is 5.84 Å². The SMILES string of the molecule is N#Cc1cccc(C2ON=C(c3ccc([N+](=O)[O-])cc3)N2C23CC4CC(CC(C4)C2)C3)c1. The first kappa shape index (κ1) is 19.3. The Hall–Kier alpha value is -3.40. The summed E-state index contributed by atoms with van der Waals surface area (Å²) in [7, 11) is 0. The summed E-state index contributed by atoms with van der Waals surface area (Å²) in [6.07, 6.45) is 6.96. The molecule has 0 amide bonds. The molecule has 4 fully saturated rings. The van der Waals surface area contributed by atoms with Crippen LogP contribution in [0.15, 0.2) is 53.7 Å². The molecule has 0 N–H and O–H groups in total. The Kier molecular flexibility index (Phi) is 4.26. The fraction of sp³-hybridized carbons (Fsp3) is 0.440. The highest BCUT2D eigenvalue weighted by molar-refractivity contribution is 6.00. The standard InChI is InChI=1S/C25H24N4O3/c26-15-16-2-1-3-21(11-16)24-28(25-12-17-8-18(13-25)10-19(9-17)14-25)23(27-32-24)20-4-6-22(7-5-20)29(30)31/h1-7,11,17-19,24H,8-10,12-14H2. The minimum absolute atomic E-state index is 0.0286. The average molecular weight is 428 g/mol. The van der Waals surface area contributed by atoms with Crippen LogP contribution in [0.3, 0.4) is 0 Å². The smallest absolute Gasteiger partial charge is 0.269 e. The van der Waals surface area contributed by atoms with Crippen molar-refractivity contribution in [1.82, 2.24) is 4.90 Å².